The average molecular weight is 219 g/mol. The largest absolute Gasteiger partial charge is 0.360 e. The Morgan fingerprint density at radius 2 is 1.53 bits per heavy atom. The fourth-order valence-corrected chi connectivity index (χ4v) is 2.79. The molecule has 3 rings (SSSR count). The number of rotatable bonds is 2. The molecule has 0 aromatic heterocycles. The van der Waals surface area contributed by atoms with Gasteiger partial charge in [0.05, 0.1) is 0 Å². The van der Waals surface area contributed by atoms with Gasteiger partial charge in [0.15, 0.2) is 7.98 Å². The zero-order valence-corrected chi connectivity index (χ0v) is 9.64. The Morgan fingerprint density at radius 3 is 2.24 bits per heavy atom. The second-order valence-electron chi connectivity index (χ2n) is 4.55. The molecule has 0 fully saturated rings. The Hall–Kier alpha value is -1.54. The molecule has 0 aliphatic heterocycles. The smallest absolute Gasteiger partial charge is 0.178 e. The molecule has 0 amide bonds. The van der Waals surface area contributed by atoms with Crippen LogP contribution in [0.1, 0.15) is 35.1 Å². The van der Waals surface area contributed by atoms with Crippen molar-refractivity contribution in [3.63, 3.8) is 0 Å². The summed E-state index contributed by atoms with van der Waals surface area (Å²) in [7, 11) is 5.64. The molecule has 1 aliphatic rings. The van der Waals surface area contributed by atoms with Crippen molar-refractivity contribution in [1.82, 2.24) is 5.23 Å². The number of fused-ring (bicyclic) bond motifs is 1. The molecule has 2 atom stereocenters. The van der Waals surface area contributed by atoms with Crippen molar-refractivity contribution in [2.45, 2.75) is 18.4 Å². The maximum Gasteiger partial charge on any atom is 0.178 e. The number of hydrogen-bond acceptors (Lipinski definition) is 1. The maximum atomic E-state index is 5.64. The lowest BCUT2D eigenvalue weighted by Crippen LogP contribution is -2.15. The summed E-state index contributed by atoms with van der Waals surface area (Å²) in [5.41, 5.74) is 4.11. The van der Waals surface area contributed by atoms with E-state index < -0.39 is 0 Å². The van der Waals surface area contributed by atoms with Crippen molar-refractivity contribution >= 4 is 7.98 Å². The van der Waals surface area contributed by atoms with Crippen LogP contribution in [0.5, 0.6) is 0 Å². The predicted octanol–water partition coefficient (Wildman–Crippen LogP) is 2.94. The molecule has 17 heavy (non-hydrogen) atoms. The van der Waals surface area contributed by atoms with E-state index in [0.29, 0.717) is 5.92 Å². The molecule has 1 nitrogen and oxygen atoms in total. The molecule has 0 unspecified atom stereocenters. The van der Waals surface area contributed by atoms with Gasteiger partial charge in [0, 0.05) is 12.0 Å². The predicted molar refractivity (Wildman–Crippen MR) is 71.0 cm³/mol. The van der Waals surface area contributed by atoms with E-state index in [4.69, 9.17) is 7.98 Å². The van der Waals surface area contributed by atoms with E-state index in [-0.39, 0.29) is 6.04 Å². The van der Waals surface area contributed by atoms with Crippen LogP contribution in [0.4, 0.5) is 0 Å². The highest BCUT2D eigenvalue weighted by molar-refractivity contribution is 6.04. The van der Waals surface area contributed by atoms with Crippen LogP contribution in [-0.4, -0.2) is 7.98 Å². The summed E-state index contributed by atoms with van der Waals surface area (Å²) in [6.07, 6.45) is 1.04. The van der Waals surface area contributed by atoms with Gasteiger partial charge in [-0.3, -0.25) is 0 Å². The van der Waals surface area contributed by atoms with Crippen LogP contribution in [0, 0.1) is 0 Å². The van der Waals surface area contributed by atoms with Crippen LogP contribution >= 0.6 is 0 Å². The van der Waals surface area contributed by atoms with Crippen LogP contribution in [0.2, 0.25) is 0 Å². The van der Waals surface area contributed by atoms with E-state index in [2.05, 4.69) is 59.8 Å². The zero-order valence-electron chi connectivity index (χ0n) is 9.64. The molecule has 2 radical (unpaired) electrons. The summed E-state index contributed by atoms with van der Waals surface area (Å²) in [6.45, 7) is 0. The third kappa shape index (κ3) is 1.79. The Kier molecular flexibility index (Phi) is 2.73. The van der Waals surface area contributed by atoms with Crippen molar-refractivity contribution in [1.29, 1.82) is 0 Å². The summed E-state index contributed by atoms with van der Waals surface area (Å²) >= 11 is 0. The zero-order chi connectivity index (χ0) is 11.7. The maximum absolute atomic E-state index is 5.64. The molecule has 0 saturated heterocycles. The van der Waals surface area contributed by atoms with Crippen molar-refractivity contribution in [3.8, 4) is 0 Å². The Bertz CT molecular complexity index is 509. The van der Waals surface area contributed by atoms with Crippen LogP contribution in [0.25, 0.3) is 0 Å². The van der Waals surface area contributed by atoms with Gasteiger partial charge in [-0.25, -0.2) is 0 Å². The third-order valence-electron chi connectivity index (χ3n) is 3.62. The molecule has 0 spiro atoms. The first kappa shape index (κ1) is 10.6. The summed E-state index contributed by atoms with van der Waals surface area (Å²) in [6, 6.07) is 19.5. The standard InChI is InChI=1S/C15H14BN/c16-17-15-10-14(11-6-2-1-3-7-11)12-8-4-5-9-13(12)15/h1-9,14-15,17H,10H2/t14-,15+/m0/s1. The van der Waals surface area contributed by atoms with Gasteiger partial charge in [0.2, 0.25) is 0 Å². The SMILES string of the molecule is [B]N[C@@H]1C[C@@H](c2ccccc2)c2ccccc21. The van der Waals surface area contributed by atoms with Crippen molar-refractivity contribution in [3.05, 3.63) is 71.3 Å². The van der Waals surface area contributed by atoms with Crippen LogP contribution in [0.3, 0.4) is 0 Å². The Labute approximate surface area is 103 Å². The molecular formula is C15H14BN. The van der Waals surface area contributed by atoms with Gasteiger partial charge in [0.1, 0.15) is 0 Å². The summed E-state index contributed by atoms with van der Waals surface area (Å²) in [5, 5.41) is 2.92. The second-order valence-corrected chi connectivity index (χ2v) is 4.55. The summed E-state index contributed by atoms with van der Waals surface area (Å²) < 4.78 is 0. The average Bonchev–Trinajstić information content (AvgIpc) is 2.78. The van der Waals surface area contributed by atoms with E-state index in [1.165, 1.54) is 16.7 Å². The van der Waals surface area contributed by atoms with E-state index in [0.717, 1.165) is 6.42 Å². The summed E-state index contributed by atoms with van der Waals surface area (Å²) in [4.78, 5) is 0. The first-order chi connectivity index (χ1) is 8.40. The third-order valence-corrected chi connectivity index (χ3v) is 3.62. The molecule has 2 aromatic rings. The molecular weight excluding hydrogens is 205 g/mol. The van der Waals surface area contributed by atoms with E-state index in [9.17, 15) is 0 Å². The molecule has 0 bridgehead atoms. The number of nitrogens with one attached hydrogen (secondary N) is 1. The van der Waals surface area contributed by atoms with Gasteiger partial charge in [-0.15, -0.1) is 0 Å². The second kappa shape index (κ2) is 4.38. The normalized spacial score (nSPS) is 22.4. The summed E-state index contributed by atoms with van der Waals surface area (Å²) in [5.74, 6) is 0.466. The van der Waals surface area contributed by atoms with Gasteiger partial charge in [0.25, 0.3) is 0 Å². The van der Waals surface area contributed by atoms with Crippen LogP contribution in [-0.2, 0) is 0 Å². The van der Waals surface area contributed by atoms with Crippen LogP contribution < -0.4 is 5.23 Å². The van der Waals surface area contributed by atoms with Crippen LogP contribution in [0.15, 0.2) is 54.6 Å². The number of hydrogen-bond donors (Lipinski definition) is 1. The molecule has 2 aromatic carbocycles. The fraction of sp³-hybridized carbons (Fsp3) is 0.200. The first-order valence-electron chi connectivity index (χ1n) is 6.00. The highest BCUT2D eigenvalue weighted by atomic mass is 14.8. The van der Waals surface area contributed by atoms with E-state index in [1.807, 2.05) is 0 Å². The lowest BCUT2D eigenvalue weighted by atomic mass is 9.93. The molecule has 82 valence electrons. The molecule has 1 aliphatic carbocycles. The highest BCUT2D eigenvalue weighted by Gasteiger charge is 2.29. The minimum atomic E-state index is 0.274. The number of benzene rings is 2. The van der Waals surface area contributed by atoms with Gasteiger partial charge in [-0.05, 0) is 23.1 Å². The highest BCUT2D eigenvalue weighted by Crippen LogP contribution is 2.43. The Morgan fingerprint density at radius 1 is 0.882 bits per heavy atom. The van der Waals surface area contributed by atoms with Gasteiger partial charge in [-0.1, -0.05) is 54.6 Å². The van der Waals surface area contributed by atoms with Gasteiger partial charge >= 0.3 is 0 Å². The minimum absolute atomic E-state index is 0.274. The van der Waals surface area contributed by atoms with Crippen molar-refractivity contribution in [2.24, 2.45) is 0 Å². The Balaban J connectivity index is 2.05. The first-order valence-corrected chi connectivity index (χ1v) is 6.00. The monoisotopic (exact) mass is 219 g/mol. The lowest BCUT2D eigenvalue weighted by molar-refractivity contribution is 0.620. The van der Waals surface area contributed by atoms with E-state index in [1.54, 1.807) is 0 Å². The van der Waals surface area contributed by atoms with Crippen molar-refractivity contribution in [2.75, 3.05) is 0 Å². The topological polar surface area (TPSA) is 12.0 Å². The molecule has 0 heterocycles. The lowest BCUT2D eigenvalue weighted by Gasteiger charge is -2.12. The van der Waals surface area contributed by atoms with Gasteiger partial charge in [-0.2, -0.15) is 0 Å². The van der Waals surface area contributed by atoms with Crippen molar-refractivity contribution < 1.29 is 0 Å². The quantitative estimate of drug-likeness (QED) is 0.765. The fourth-order valence-electron chi connectivity index (χ4n) is 2.79. The molecule has 2 heteroatoms. The minimum Gasteiger partial charge on any atom is -0.360 e. The van der Waals surface area contributed by atoms with Gasteiger partial charge < -0.3 is 5.23 Å². The van der Waals surface area contributed by atoms with E-state index >= 15 is 0 Å². The molecule has 0 saturated carbocycles. The molecule has 1 N–H and O–H groups in total.